The average Bonchev–Trinajstić information content (AvgIpc) is 3.52. The second kappa shape index (κ2) is 12.9. The number of amides is 2. The van der Waals surface area contributed by atoms with Crippen molar-refractivity contribution < 1.29 is 27.9 Å². The van der Waals surface area contributed by atoms with Crippen LogP contribution in [-0.2, 0) is 21.2 Å². The van der Waals surface area contributed by atoms with E-state index in [1.54, 1.807) is 14.1 Å². The fourth-order valence-corrected chi connectivity index (χ4v) is 7.99. The third-order valence-electron chi connectivity index (χ3n) is 9.88. The Labute approximate surface area is 279 Å². The van der Waals surface area contributed by atoms with Gasteiger partial charge in [-0.2, -0.15) is 13.2 Å². The van der Waals surface area contributed by atoms with Gasteiger partial charge in [-0.25, -0.2) is 0 Å². The van der Waals surface area contributed by atoms with E-state index in [4.69, 9.17) is 0 Å². The van der Waals surface area contributed by atoms with Crippen molar-refractivity contribution in [2.75, 3.05) is 19.4 Å². The van der Waals surface area contributed by atoms with E-state index in [1.165, 1.54) is 11.0 Å². The summed E-state index contributed by atoms with van der Waals surface area (Å²) in [4.78, 5) is 33.1. The predicted octanol–water partition coefficient (Wildman–Crippen LogP) is 7.34. The molecule has 0 aromatic heterocycles. The van der Waals surface area contributed by atoms with E-state index in [0.29, 0.717) is 23.1 Å². The van der Waals surface area contributed by atoms with Crippen LogP contribution in [0, 0.1) is 5.92 Å². The van der Waals surface area contributed by atoms with Crippen molar-refractivity contribution in [1.82, 2.24) is 9.80 Å². The molecule has 0 unspecified atom stereocenters. The van der Waals surface area contributed by atoms with E-state index in [0.717, 1.165) is 17.7 Å². The maximum Gasteiger partial charge on any atom is 0.416 e. The number of alkyl halides is 3. The molecule has 48 heavy (non-hydrogen) atoms. The van der Waals surface area contributed by atoms with Crippen LogP contribution < -0.4 is 5.32 Å². The van der Waals surface area contributed by atoms with Crippen LogP contribution in [0.1, 0.15) is 66.1 Å². The molecule has 2 N–H and O–H groups in total. The highest BCUT2D eigenvalue weighted by molar-refractivity contribution is 6.09. The van der Waals surface area contributed by atoms with Gasteiger partial charge in [-0.3, -0.25) is 14.5 Å². The molecule has 1 spiro atoms. The summed E-state index contributed by atoms with van der Waals surface area (Å²) in [5.41, 5.74) is 0.237. The number of fused-ring (bicyclic) bond motifs is 2. The maximum absolute atomic E-state index is 14.9. The van der Waals surface area contributed by atoms with Gasteiger partial charge in [0, 0.05) is 31.7 Å². The number of rotatable bonds is 8. The summed E-state index contributed by atoms with van der Waals surface area (Å²) in [6.45, 7) is 4.05. The lowest BCUT2D eigenvalue weighted by molar-refractivity contribution is -0.138. The van der Waals surface area contributed by atoms with E-state index in [1.807, 2.05) is 110 Å². The molecular weight excluding hydrogens is 615 g/mol. The Kier molecular flexibility index (Phi) is 8.96. The zero-order chi connectivity index (χ0) is 34.4. The number of nitrogens with one attached hydrogen (secondary N) is 1. The first kappa shape index (κ1) is 33.4. The van der Waals surface area contributed by atoms with Crippen LogP contribution in [0.5, 0.6) is 0 Å². The van der Waals surface area contributed by atoms with Crippen molar-refractivity contribution in [1.29, 1.82) is 0 Å². The van der Waals surface area contributed by atoms with Crippen molar-refractivity contribution in [3.63, 3.8) is 0 Å². The van der Waals surface area contributed by atoms with Gasteiger partial charge in [-0.1, -0.05) is 111 Å². The molecule has 6 nitrogen and oxygen atoms in total. The number of nitrogens with zero attached hydrogens (tertiary/aromatic N) is 2. The largest absolute Gasteiger partial charge is 0.416 e. The van der Waals surface area contributed by atoms with Crippen LogP contribution in [0.2, 0.25) is 0 Å². The summed E-state index contributed by atoms with van der Waals surface area (Å²) in [5, 5.41) is 15.2. The Morgan fingerprint density at radius 1 is 0.896 bits per heavy atom. The number of likely N-dealkylation sites (N-methyl/N-ethyl adjacent to an activating group) is 1. The van der Waals surface area contributed by atoms with Crippen molar-refractivity contribution in [2.24, 2.45) is 5.92 Å². The van der Waals surface area contributed by atoms with Crippen LogP contribution >= 0.6 is 0 Å². The van der Waals surface area contributed by atoms with Crippen LogP contribution in [0.4, 0.5) is 18.9 Å². The highest BCUT2D eigenvalue weighted by Crippen LogP contribution is 2.62. The number of likely N-dealkylation sites (tertiary alicyclic amines) is 1. The summed E-state index contributed by atoms with van der Waals surface area (Å²) in [6.07, 6.45) is -5.32. The molecule has 2 aliphatic rings. The number of halogens is 3. The minimum absolute atomic E-state index is 0.00981. The summed E-state index contributed by atoms with van der Waals surface area (Å²) in [7, 11) is 3.32. The van der Waals surface area contributed by atoms with Crippen molar-refractivity contribution >= 4 is 17.5 Å². The molecule has 2 heterocycles. The highest BCUT2D eigenvalue weighted by Gasteiger charge is 2.70. The van der Waals surface area contributed by atoms with Crippen molar-refractivity contribution in [2.45, 2.75) is 62.0 Å². The Bertz CT molecular complexity index is 1770. The van der Waals surface area contributed by atoms with Gasteiger partial charge in [0.25, 0.3) is 0 Å². The molecule has 4 aromatic carbocycles. The first-order valence-corrected chi connectivity index (χ1v) is 16.2. The predicted molar refractivity (Wildman–Crippen MR) is 179 cm³/mol. The van der Waals surface area contributed by atoms with Gasteiger partial charge in [0.15, 0.2) is 0 Å². The third-order valence-corrected chi connectivity index (χ3v) is 9.88. The van der Waals surface area contributed by atoms with Gasteiger partial charge in [0.05, 0.1) is 23.8 Å². The molecule has 4 aromatic rings. The molecule has 0 saturated carbocycles. The standard InChI is InChI=1S/C39H40F3N3O3/c1-24(2)22-31-38(29-21-20-28(39(40,41)42)23-30(29)43-37(38)48)32(25-14-8-5-9-15-25)34(36(47)44(3)4)45(31)33(26-16-10-6-11-17-26)35(46)27-18-12-7-13-19-27/h5-21,23-24,31-35,46H,22H2,1-4H3,(H,43,48)/t31-,32+,33-,34-,35+,38+/m1/s1. The lowest BCUT2D eigenvalue weighted by atomic mass is 9.63. The van der Waals surface area contributed by atoms with Gasteiger partial charge < -0.3 is 15.3 Å². The minimum atomic E-state index is -4.62. The molecule has 2 aliphatic heterocycles. The van der Waals surface area contributed by atoms with Gasteiger partial charge >= 0.3 is 6.18 Å². The number of hydrogen-bond donors (Lipinski definition) is 2. The molecule has 6 rings (SSSR count). The highest BCUT2D eigenvalue weighted by atomic mass is 19.4. The molecule has 0 radical (unpaired) electrons. The van der Waals surface area contributed by atoms with Crippen molar-refractivity contribution in [3.05, 3.63) is 137 Å². The quantitative estimate of drug-likeness (QED) is 0.208. The molecule has 0 aliphatic carbocycles. The summed E-state index contributed by atoms with van der Waals surface area (Å²) in [5.74, 6) is -1.54. The number of benzene rings is 4. The Morgan fingerprint density at radius 2 is 1.46 bits per heavy atom. The Hall–Kier alpha value is -4.47. The number of hydrogen-bond acceptors (Lipinski definition) is 4. The molecule has 6 atom stereocenters. The lowest BCUT2D eigenvalue weighted by Crippen LogP contribution is -2.52. The minimum Gasteiger partial charge on any atom is -0.386 e. The van der Waals surface area contributed by atoms with E-state index in [-0.39, 0.29) is 17.5 Å². The average molecular weight is 656 g/mol. The zero-order valence-electron chi connectivity index (χ0n) is 27.4. The van der Waals surface area contributed by atoms with Crippen LogP contribution in [-0.4, -0.2) is 52.9 Å². The molecule has 9 heteroatoms. The Balaban J connectivity index is 1.71. The molecule has 1 saturated heterocycles. The maximum atomic E-state index is 14.9. The summed E-state index contributed by atoms with van der Waals surface area (Å²) >= 11 is 0. The molecule has 250 valence electrons. The van der Waals surface area contributed by atoms with Gasteiger partial charge in [-0.05, 0) is 46.7 Å². The molecule has 1 fully saturated rings. The van der Waals surface area contributed by atoms with Gasteiger partial charge in [0.1, 0.15) is 5.41 Å². The fraction of sp³-hybridized carbons (Fsp3) is 0.333. The van der Waals surface area contributed by atoms with Crippen LogP contribution in [0.3, 0.4) is 0 Å². The molecule has 0 bridgehead atoms. The lowest BCUT2D eigenvalue weighted by Gasteiger charge is -2.43. The van der Waals surface area contributed by atoms with Crippen LogP contribution in [0.25, 0.3) is 0 Å². The Morgan fingerprint density at radius 3 is 2.00 bits per heavy atom. The second-order valence-electron chi connectivity index (χ2n) is 13.5. The SMILES string of the molecule is CC(C)C[C@H]1N([C@H](c2ccccc2)[C@@H](O)c2ccccc2)[C@@H](C(=O)N(C)C)[C@H](c2ccccc2)[C@@]12C(=O)Nc1cc(C(F)(F)F)ccc12. The number of anilines is 1. The number of aliphatic hydroxyl groups is 1. The van der Waals surface area contributed by atoms with E-state index < -0.39 is 53.2 Å². The first-order valence-electron chi connectivity index (χ1n) is 16.2. The third kappa shape index (κ3) is 5.58. The van der Waals surface area contributed by atoms with Gasteiger partial charge in [0.2, 0.25) is 11.8 Å². The second-order valence-corrected chi connectivity index (χ2v) is 13.5. The van der Waals surface area contributed by atoms with E-state index in [2.05, 4.69) is 5.32 Å². The monoisotopic (exact) mass is 655 g/mol. The van der Waals surface area contributed by atoms with Gasteiger partial charge in [-0.15, -0.1) is 0 Å². The zero-order valence-corrected chi connectivity index (χ0v) is 27.4. The number of aliphatic hydroxyl groups excluding tert-OH is 1. The summed E-state index contributed by atoms with van der Waals surface area (Å²) in [6, 6.07) is 28.8. The summed E-state index contributed by atoms with van der Waals surface area (Å²) < 4.78 is 41.9. The smallest absolute Gasteiger partial charge is 0.386 e. The van der Waals surface area contributed by atoms with Crippen molar-refractivity contribution in [3.8, 4) is 0 Å². The normalized spacial score (nSPS) is 23.6. The molecular formula is C39H40F3N3O3. The van der Waals surface area contributed by atoms with E-state index >= 15 is 0 Å². The van der Waals surface area contributed by atoms with Crippen LogP contribution in [0.15, 0.2) is 109 Å². The fourth-order valence-electron chi connectivity index (χ4n) is 7.99. The van der Waals surface area contributed by atoms with E-state index in [9.17, 15) is 27.9 Å². The molecule has 2 amide bonds. The first-order chi connectivity index (χ1) is 22.9. The number of carbonyl (C=O) groups excluding carboxylic acids is 2. The topological polar surface area (TPSA) is 72.9 Å². The number of carbonyl (C=O) groups is 2.